The maximum absolute atomic E-state index is 9.27. The van der Waals surface area contributed by atoms with Gasteiger partial charge in [-0.3, -0.25) is 0 Å². The minimum absolute atomic E-state index is 0.233. The Kier molecular flexibility index (Phi) is 3.57. The molecule has 0 aromatic carbocycles. The van der Waals surface area contributed by atoms with Gasteiger partial charge in [-0.15, -0.1) is 0 Å². The van der Waals surface area contributed by atoms with E-state index < -0.39 is 5.79 Å². The van der Waals surface area contributed by atoms with Crippen LogP contribution in [0.5, 0.6) is 0 Å². The first-order chi connectivity index (χ1) is 7.55. The van der Waals surface area contributed by atoms with E-state index in [1.54, 1.807) is 0 Å². The molecule has 1 N–H and O–H groups in total. The van der Waals surface area contributed by atoms with Crippen molar-refractivity contribution in [2.24, 2.45) is 17.8 Å². The summed E-state index contributed by atoms with van der Waals surface area (Å²) in [4.78, 5) is 0. The van der Waals surface area contributed by atoms with E-state index in [-0.39, 0.29) is 6.10 Å². The van der Waals surface area contributed by atoms with Crippen molar-refractivity contribution in [1.29, 1.82) is 0 Å². The molecule has 0 aromatic rings. The quantitative estimate of drug-likeness (QED) is 0.804. The molecule has 1 unspecified atom stereocenters. The molecule has 2 rings (SSSR count). The molecule has 2 fully saturated rings. The predicted octanol–water partition coefficient (Wildman–Crippen LogP) is 2.18. The van der Waals surface area contributed by atoms with Gasteiger partial charge in [0.25, 0.3) is 0 Å². The van der Waals surface area contributed by atoms with E-state index in [0.29, 0.717) is 31.0 Å². The fraction of sp³-hybridized carbons (Fsp3) is 1.00. The van der Waals surface area contributed by atoms with E-state index >= 15 is 0 Å². The number of rotatable bonds is 3. The van der Waals surface area contributed by atoms with Gasteiger partial charge in [0.05, 0.1) is 12.7 Å². The van der Waals surface area contributed by atoms with Crippen molar-refractivity contribution >= 4 is 0 Å². The zero-order chi connectivity index (χ0) is 11.8. The Morgan fingerprint density at radius 2 is 2.06 bits per heavy atom. The summed E-state index contributed by atoms with van der Waals surface area (Å²) in [5, 5.41) is 9.27. The fourth-order valence-corrected chi connectivity index (χ4v) is 3.28. The maximum Gasteiger partial charge on any atom is 0.163 e. The van der Waals surface area contributed by atoms with Crippen LogP contribution in [0.15, 0.2) is 0 Å². The molecular formula is C13H24O3. The molecule has 3 heteroatoms. The van der Waals surface area contributed by atoms with Crippen molar-refractivity contribution in [2.75, 3.05) is 13.2 Å². The Bertz CT molecular complexity index is 239. The predicted molar refractivity (Wildman–Crippen MR) is 62.0 cm³/mol. The van der Waals surface area contributed by atoms with Gasteiger partial charge in [0.1, 0.15) is 0 Å². The second-order valence-corrected chi connectivity index (χ2v) is 5.72. The second-order valence-electron chi connectivity index (χ2n) is 5.72. The molecule has 1 saturated carbocycles. The Hall–Kier alpha value is -0.120. The molecular weight excluding hydrogens is 204 g/mol. The van der Waals surface area contributed by atoms with Crippen LogP contribution in [0.1, 0.15) is 40.0 Å². The van der Waals surface area contributed by atoms with E-state index in [2.05, 4.69) is 6.92 Å². The number of aliphatic hydroxyl groups excluding tert-OH is 1. The zero-order valence-electron chi connectivity index (χ0n) is 10.6. The van der Waals surface area contributed by atoms with Crippen molar-refractivity contribution in [3.05, 3.63) is 0 Å². The summed E-state index contributed by atoms with van der Waals surface area (Å²) in [6, 6.07) is 0. The van der Waals surface area contributed by atoms with Crippen molar-refractivity contribution in [3.8, 4) is 0 Å². The third-order valence-corrected chi connectivity index (χ3v) is 4.14. The largest absolute Gasteiger partial charge is 0.396 e. The van der Waals surface area contributed by atoms with E-state index in [4.69, 9.17) is 9.47 Å². The molecule has 1 aliphatic heterocycles. The van der Waals surface area contributed by atoms with E-state index in [1.807, 2.05) is 13.8 Å². The van der Waals surface area contributed by atoms with Gasteiger partial charge in [-0.25, -0.2) is 0 Å². The van der Waals surface area contributed by atoms with Gasteiger partial charge in [0.15, 0.2) is 5.79 Å². The van der Waals surface area contributed by atoms with Crippen molar-refractivity contribution in [1.82, 2.24) is 0 Å². The minimum atomic E-state index is -0.416. The SMILES string of the molecule is CC[C@@H]1C[C@H](CO)C[C@H]1C1COC(C)(C)O1. The first-order valence-corrected chi connectivity index (χ1v) is 6.48. The molecule has 0 bridgehead atoms. The van der Waals surface area contributed by atoms with Crippen LogP contribution in [0.3, 0.4) is 0 Å². The topological polar surface area (TPSA) is 38.7 Å². The smallest absolute Gasteiger partial charge is 0.163 e. The summed E-state index contributed by atoms with van der Waals surface area (Å²) in [5.74, 6) is 1.33. The van der Waals surface area contributed by atoms with E-state index in [0.717, 1.165) is 12.8 Å². The van der Waals surface area contributed by atoms with Gasteiger partial charge in [-0.2, -0.15) is 0 Å². The van der Waals surface area contributed by atoms with Gasteiger partial charge in [-0.05, 0) is 44.4 Å². The Morgan fingerprint density at radius 3 is 2.56 bits per heavy atom. The highest BCUT2D eigenvalue weighted by atomic mass is 16.7. The Morgan fingerprint density at radius 1 is 1.31 bits per heavy atom. The fourth-order valence-electron chi connectivity index (χ4n) is 3.28. The van der Waals surface area contributed by atoms with Crippen LogP contribution >= 0.6 is 0 Å². The zero-order valence-corrected chi connectivity index (χ0v) is 10.6. The third-order valence-electron chi connectivity index (χ3n) is 4.14. The summed E-state index contributed by atoms with van der Waals surface area (Å²) < 4.78 is 11.6. The lowest BCUT2D eigenvalue weighted by Crippen LogP contribution is -2.28. The van der Waals surface area contributed by atoms with E-state index in [9.17, 15) is 5.11 Å². The van der Waals surface area contributed by atoms with Crippen molar-refractivity contribution in [2.45, 2.75) is 51.9 Å². The molecule has 0 amide bonds. The first kappa shape index (κ1) is 12.3. The van der Waals surface area contributed by atoms with Crippen LogP contribution in [0, 0.1) is 17.8 Å². The highest BCUT2D eigenvalue weighted by Crippen LogP contribution is 2.43. The van der Waals surface area contributed by atoms with Crippen molar-refractivity contribution < 1.29 is 14.6 Å². The molecule has 0 spiro atoms. The number of hydrogen-bond donors (Lipinski definition) is 1. The molecule has 0 aromatic heterocycles. The average molecular weight is 228 g/mol. The van der Waals surface area contributed by atoms with Crippen LogP contribution in [-0.4, -0.2) is 30.2 Å². The first-order valence-electron chi connectivity index (χ1n) is 6.48. The lowest BCUT2D eigenvalue weighted by Gasteiger charge is -2.25. The van der Waals surface area contributed by atoms with Crippen LogP contribution < -0.4 is 0 Å². The summed E-state index contributed by atoms with van der Waals surface area (Å²) >= 11 is 0. The number of hydrogen-bond acceptors (Lipinski definition) is 3. The lowest BCUT2D eigenvalue weighted by molar-refractivity contribution is -0.146. The molecule has 94 valence electrons. The summed E-state index contributed by atoms with van der Waals surface area (Å²) in [7, 11) is 0. The van der Waals surface area contributed by atoms with Crippen molar-refractivity contribution in [3.63, 3.8) is 0 Å². The highest BCUT2D eigenvalue weighted by molar-refractivity contribution is 4.89. The van der Waals surface area contributed by atoms with Crippen LogP contribution in [0.2, 0.25) is 0 Å². The van der Waals surface area contributed by atoms with Gasteiger partial charge >= 0.3 is 0 Å². The summed E-state index contributed by atoms with van der Waals surface area (Å²) in [6.07, 6.45) is 3.66. The van der Waals surface area contributed by atoms with Gasteiger partial charge in [0, 0.05) is 6.61 Å². The summed E-state index contributed by atoms with van der Waals surface area (Å²) in [5.41, 5.74) is 0. The third kappa shape index (κ3) is 2.41. The van der Waals surface area contributed by atoms with Crippen LogP contribution in [-0.2, 0) is 9.47 Å². The molecule has 4 atom stereocenters. The van der Waals surface area contributed by atoms with E-state index in [1.165, 1.54) is 6.42 Å². The minimum Gasteiger partial charge on any atom is -0.396 e. The molecule has 3 nitrogen and oxygen atoms in total. The Labute approximate surface area is 98.1 Å². The number of ether oxygens (including phenoxy) is 2. The molecule has 1 aliphatic carbocycles. The number of aliphatic hydroxyl groups is 1. The molecule has 16 heavy (non-hydrogen) atoms. The van der Waals surface area contributed by atoms with Gasteiger partial charge in [0.2, 0.25) is 0 Å². The maximum atomic E-state index is 9.27. The van der Waals surface area contributed by atoms with Crippen LogP contribution in [0.4, 0.5) is 0 Å². The normalized spacial score (nSPS) is 42.8. The Balaban J connectivity index is 1.98. The highest BCUT2D eigenvalue weighted by Gasteiger charge is 2.44. The lowest BCUT2D eigenvalue weighted by atomic mass is 9.89. The summed E-state index contributed by atoms with van der Waals surface area (Å²) in [6.45, 7) is 7.23. The molecule has 0 radical (unpaired) electrons. The molecule has 1 heterocycles. The van der Waals surface area contributed by atoms with Crippen LogP contribution in [0.25, 0.3) is 0 Å². The average Bonchev–Trinajstić information content (AvgIpc) is 2.80. The monoisotopic (exact) mass is 228 g/mol. The van der Waals surface area contributed by atoms with Gasteiger partial charge in [-0.1, -0.05) is 13.3 Å². The molecule has 2 aliphatic rings. The molecule has 1 saturated heterocycles. The standard InChI is InChI=1S/C13H24O3/c1-4-10-5-9(7-14)6-11(10)12-8-15-13(2,3)16-12/h9-12,14H,4-8H2,1-3H3/t9-,10+,11+,12?/m0/s1. The second kappa shape index (κ2) is 4.63. The van der Waals surface area contributed by atoms with Gasteiger partial charge < -0.3 is 14.6 Å².